The van der Waals surface area contributed by atoms with E-state index in [0.29, 0.717) is 24.6 Å². The van der Waals surface area contributed by atoms with E-state index in [1.165, 1.54) is 12.1 Å². The van der Waals surface area contributed by atoms with Gasteiger partial charge in [-0.05, 0) is 29.7 Å². The average molecular weight is 297 g/mol. The minimum Gasteiger partial charge on any atom is -0.423 e. The van der Waals surface area contributed by atoms with Crippen LogP contribution >= 0.6 is 0 Å². The van der Waals surface area contributed by atoms with Gasteiger partial charge in [-0.25, -0.2) is 4.39 Å². The quantitative estimate of drug-likeness (QED) is 0.786. The predicted molar refractivity (Wildman–Crippen MR) is 80.6 cm³/mol. The summed E-state index contributed by atoms with van der Waals surface area (Å²) in [5.74, 6) is 0.698. The molecule has 0 saturated heterocycles. The Morgan fingerprint density at radius 1 is 0.955 bits per heavy atom. The zero-order chi connectivity index (χ0) is 15.4. The van der Waals surface area contributed by atoms with Gasteiger partial charge in [-0.15, -0.1) is 10.2 Å². The maximum Gasteiger partial charge on any atom is 0.237 e. The summed E-state index contributed by atoms with van der Waals surface area (Å²) in [5.41, 5.74) is 8.06. The number of aryl methyl sites for hydroxylation is 2. The lowest BCUT2D eigenvalue weighted by Crippen LogP contribution is -2.11. The van der Waals surface area contributed by atoms with Crippen LogP contribution in [-0.2, 0) is 12.8 Å². The normalized spacial score (nSPS) is 12.3. The van der Waals surface area contributed by atoms with E-state index in [2.05, 4.69) is 10.2 Å². The van der Waals surface area contributed by atoms with Crippen molar-refractivity contribution in [2.24, 2.45) is 5.73 Å². The molecule has 0 radical (unpaired) electrons. The van der Waals surface area contributed by atoms with E-state index in [9.17, 15) is 4.39 Å². The number of hydrogen-bond donors (Lipinski definition) is 1. The van der Waals surface area contributed by atoms with Crippen molar-refractivity contribution in [3.05, 3.63) is 83.3 Å². The number of nitrogens with two attached hydrogens (primary N) is 1. The van der Waals surface area contributed by atoms with E-state index in [1.54, 1.807) is 12.1 Å². The van der Waals surface area contributed by atoms with Crippen molar-refractivity contribution >= 4 is 0 Å². The number of hydrogen-bond acceptors (Lipinski definition) is 4. The van der Waals surface area contributed by atoms with Gasteiger partial charge in [0.05, 0.1) is 0 Å². The Morgan fingerprint density at radius 2 is 1.68 bits per heavy atom. The molecule has 3 aromatic rings. The zero-order valence-corrected chi connectivity index (χ0v) is 11.9. The average Bonchev–Trinajstić information content (AvgIpc) is 3.03. The summed E-state index contributed by atoms with van der Waals surface area (Å²) in [6, 6.07) is 15.6. The highest BCUT2D eigenvalue weighted by Crippen LogP contribution is 2.18. The fraction of sp³-hybridized carbons (Fsp3) is 0.176. The minimum atomic E-state index is -0.423. The first kappa shape index (κ1) is 14.4. The maximum absolute atomic E-state index is 12.8. The van der Waals surface area contributed by atoms with E-state index in [4.69, 9.17) is 10.2 Å². The number of aromatic nitrogens is 2. The lowest BCUT2D eigenvalue weighted by molar-refractivity contribution is 0.434. The third-order valence-electron chi connectivity index (χ3n) is 3.45. The predicted octanol–water partition coefficient (Wildman–Crippen LogP) is 3.04. The highest BCUT2D eigenvalue weighted by atomic mass is 19.1. The Kier molecular flexibility index (Phi) is 4.25. The highest BCUT2D eigenvalue weighted by Gasteiger charge is 2.16. The molecule has 112 valence electrons. The molecule has 0 aliphatic heterocycles. The summed E-state index contributed by atoms with van der Waals surface area (Å²) in [6.45, 7) is 0. The van der Waals surface area contributed by atoms with Crippen LogP contribution in [0.4, 0.5) is 4.39 Å². The van der Waals surface area contributed by atoms with E-state index >= 15 is 0 Å². The standard InChI is InChI=1S/C17H16FN3O/c18-14-9-6-12(7-10-14)8-11-15-20-21-17(22-15)16(19)13-4-2-1-3-5-13/h1-7,9-10,16H,8,11,19H2. The van der Waals surface area contributed by atoms with Crippen LogP contribution in [0.2, 0.25) is 0 Å². The topological polar surface area (TPSA) is 64.9 Å². The Morgan fingerprint density at radius 3 is 2.41 bits per heavy atom. The van der Waals surface area contributed by atoms with Gasteiger partial charge in [-0.2, -0.15) is 0 Å². The summed E-state index contributed by atoms with van der Waals surface area (Å²) in [4.78, 5) is 0. The van der Waals surface area contributed by atoms with Crippen molar-refractivity contribution in [2.75, 3.05) is 0 Å². The molecule has 0 bridgehead atoms. The van der Waals surface area contributed by atoms with Crippen LogP contribution in [-0.4, -0.2) is 10.2 Å². The van der Waals surface area contributed by atoms with Crippen LogP contribution in [0.1, 0.15) is 29.0 Å². The third kappa shape index (κ3) is 3.38. The van der Waals surface area contributed by atoms with Crippen LogP contribution in [0.25, 0.3) is 0 Å². The fourth-order valence-electron chi connectivity index (χ4n) is 2.20. The van der Waals surface area contributed by atoms with Crippen LogP contribution in [0.5, 0.6) is 0 Å². The number of rotatable bonds is 5. The fourth-order valence-corrected chi connectivity index (χ4v) is 2.20. The molecular formula is C17H16FN3O. The van der Waals surface area contributed by atoms with E-state index in [0.717, 1.165) is 11.1 Å². The van der Waals surface area contributed by atoms with E-state index < -0.39 is 6.04 Å². The van der Waals surface area contributed by atoms with Gasteiger partial charge in [0, 0.05) is 6.42 Å². The largest absolute Gasteiger partial charge is 0.423 e. The van der Waals surface area contributed by atoms with Gasteiger partial charge in [-0.3, -0.25) is 0 Å². The second-order valence-corrected chi connectivity index (χ2v) is 5.05. The van der Waals surface area contributed by atoms with Crippen molar-refractivity contribution in [1.29, 1.82) is 0 Å². The summed E-state index contributed by atoms with van der Waals surface area (Å²) >= 11 is 0. The summed E-state index contributed by atoms with van der Waals surface area (Å²) in [5, 5.41) is 8.04. The van der Waals surface area contributed by atoms with Crippen molar-refractivity contribution in [1.82, 2.24) is 10.2 Å². The van der Waals surface area contributed by atoms with Gasteiger partial charge in [0.1, 0.15) is 11.9 Å². The lowest BCUT2D eigenvalue weighted by atomic mass is 10.1. The number of nitrogens with zero attached hydrogens (tertiary/aromatic N) is 2. The van der Waals surface area contributed by atoms with Crippen LogP contribution in [0, 0.1) is 5.82 Å². The van der Waals surface area contributed by atoms with E-state index in [-0.39, 0.29) is 5.82 Å². The molecule has 1 atom stereocenters. The molecule has 1 heterocycles. The molecule has 5 heteroatoms. The zero-order valence-electron chi connectivity index (χ0n) is 11.9. The molecule has 0 amide bonds. The smallest absolute Gasteiger partial charge is 0.237 e. The molecule has 0 spiro atoms. The first-order valence-electron chi connectivity index (χ1n) is 7.09. The molecule has 1 unspecified atom stereocenters. The third-order valence-corrected chi connectivity index (χ3v) is 3.45. The molecule has 3 rings (SSSR count). The first-order chi connectivity index (χ1) is 10.7. The second-order valence-electron chi connectivity index (χ2n) is 5.05. The Hall–Kier alpha value is -2.53. The van der Waals surface area contributed by atoms with Crippen molar-refractivity contribution in [2.45, 2.75) is 18.9 Å². The first-order valence-corrected chi connectivity index (χ1v) is 7.09. The molecule has 4 nitrogen and oxygen atoms in total. The Balaban J connectivity index is 1.65. The lowest BCUT2D eigenvalue weighted by Gasteiger charge is -2.06. The number of halogens is 1. The molecule has 0 saturated carbocycles. The van der Waals surface area contributed by atoms with Crippen molar-refractivity contribution < 1.29 is 8.81 Å². The minimum absolute atomic E-state index is 0.238. The maximum atomic E-state index is 12.8. The van der Waals surface area contributed by atoms with Crippen LogP contribution in [0.3, 0.4) is 0 Å². The second kappa shape index (κ2) is 6.49. The molecule has 2 N–H and O–H groups in total. The van der Waals surface area contributed by atoms with Gasteiger partial charge in [-0.1, -0.05) is 42.5 Å². The van der Waals surface area contributed by atoms with Gasteiger partial charge < -0.3 is 10.2 Å². The summed E-state index contributed by atoms with van der Waals surface area (Å²) < 4.78 is 18.5. The highest BCUT2D eigenvalue weighted by molar-refractivity contribution is 5.23. The molecular weight excluding hydrogens is 281 g/mol. The van der Waals surface area contributed by atoms with Crippen molar-refractivity contribution in [3.8, 4) is 0 Å². The van der Waals surface area contributed by atoms with Gasteiger partial charge >= 0.3 is 0 Å². The Bertz CT molecular complexity index is 725. The molecule has 0 fully saturated rings. The Labute approximate surface area is 127 Å². The summed E-state index contributed by atoms with van der Waals surface area (Å²) in [6.07, 6.45) is 1.31. The molecule has 2 aromatic carbocycles. The molecule has 1 aromatic heterocycles. The van der Waals surface area contributed by atoms with E-state index in [1.807, 2.05) is 30.3 Å². The molecule has 22 heavy (non-hydrogen) atoms. The summed E-state index contributed by atoms with van der Waals surface area (Å²) in [7, 11) is 0. The van der Waals surface area contributed by atoms with Crippen molar-refractivity contribution in [3.63, 3.8) is 0 Å². The molecule has 0 aliphatic carbocycles. The van der Waals surface area contributed by atoms with Gasteiger partial charge in [0.2, 0.25) is 11.8 Å². The van der Waals surface area contributed by atoms with Crippen LogP contribution < -0.4 is 5.73 Å². The van der Waals surface area contributed by atoms with Gasteiger partial charge in [0.25, 0.3) is 0 Å². The number of benzene rings is 2. The molecule has 0 aliphatic rings. The van der Waals surface area contributed by atoms with Crippen LogP contribution in [0.15, 0.2) is 59.0 Å². The van der Waals surface area contributed by atoms with Gasteiger partial charge in [0.15, 0.2) is 0 Å². The SMILES string of the molecule is NC(c1ccccc1)c1nnc(CCc2ccc(F)cc2)o1. The monoisotopic (exact) mass is 297 g/mol.